The number of phenolic OH excluding ortho intramolecular Hbond substituents is 1. The number of aliphatic hydroxyl groups excluding tert-OH is 1. The highest BCUT2D eigenvalue weighted by Crippen LogP contribution is 2.32. The summed E-state index contributed by atoms with van der Waals surface area (Å²) in [6, 6.07) is 2.29. The van der Waals surface area contributed by atoms with Crippen molar-refractivity contribution >= 4 is 30.5 Å². The van der Waals surface area contributed by atoms with Crippen molar-refractivity contribution in [3.05, 3.63) is 29.3 Å². The molecule has 0 bridgehead atoms. The van der Waals surface area contributed by atoms with Crippen LogP contribution in [-0.4, -0.2) is 69.6 Å². The van der Waals surface area contributed by atoms with Crippen molar-refractivity contribution in [1.82, 2.24) is 15.5 Å². The Balaban J connectivity index is 3.39. The zero-order chi connectivity index (χ0) is 24.6. The van der Waals surface area contributed by atoms with Gasteiger partial charge in [0.2, 0.25) is 11.8 Å². The number of rotatable bonds is 9. The second-order valence-corrected chi connectivity index (χ2v) is 9.08. The molecule has 180 valence electrons. The largest absolute Gasteiger partial charge is 0.507 e. The van der Waals surface area contributed by atoms with Crippen LogP contribution in [0, 0.1) is 6.92 Å². The van der Waals surface area contributed by atoms with Gasteiger partial charge in [0, 0.05) is 23.9 Å². The number of nitrogens with zero attached hydrogens (tertiary/aromatic N) is 1. The second-order valence-electron chi connectivity index (χ2n) is 8.72. The van der Waals surface area contributed by atoms with Crippen LogP contribution >= 0.6 is 12.6 Å². The number of aliphatic hydroxyl groups is 1. The van der Waals surface area contributed by atoms with Crippen LogP contribution in [0.15, 0.2) is 18.2 Å². The van der Waals surface area contributed by atoms with Gasteiger partial charge in [0.15, 0.2) is 0 Å². The van der Waals surface area contributed by atoms with Crippen LogP contribution in [0.5, 0.6) is 5.75 Å². The lowest BCUT2D eigenvalue weighted by atomic mass is 9.99. The number of para-hydroxylation sites is 1. The number of aryl methyl sites for hydroxylation is 1. The predicted octanol–water partition coefficient (Wildman–Crippen LogP) is 1.91. The third kappa shape index (κ3) is 7.90. The summed E-state index contributed by atoms with van der Waals surface area (Å²) < 4.78 is 5.22. The molecule has 3 amide bonds. The van der Waals surface area contributed by atoms with Crippen molar-refractivity contribution in [3.63, 3.8) is 0 Å². The Kier molecular flexibility index (Phi) is 10.3. The van der Waals surface area contributed by atoms with Crippen LogP contribution in [-0.2, 0) is 14.3 Å². The van der Waals surface area contributed by atoms with E-state index in [1.807, 2.05) is 0 Å². The quantitative estimate of drug-likeness (QED) is 0.352. The van der Waals surface area contributed by atoms with Crippen molar-refractivity contribution in [2.45, 2.75) is 65.3 Å². The average molecular weight is 470 g/mol. The van der Waals surface area contributed by atoms with Crippen LogP contribution in [0.2, 0.25) is 0 Å². The molecule has 32 heavy (non-hydrogen) atoms. The summed E-state index contributed by atoms with van der Waals surface area (Å²) in [6.07, 6.45) is -0.810. The molecule has 0 saturated carbocycles. The minimum absolute atomic E-state index is 0.0711. The average Bonchev–Trinajstić information content (AvgIpc) is 2.66. The number of benzene rings is 1. The van der Waals surface area contributed by atoms with E-state index in [0.29, 0.717) is 5.56 Å². The van der Waals surface area contributed by atoms with Crippen LogP contribution in [0.3, 0.4) is 0 Å². The molecule has 2 unspecified atom stereocenters. The molecule has 0 aliphatic heterocycles. The lowest BCUT2D eigenvalue weighted by Gasteiger charge is -2.34. The van der Waals surface area contributed by atoms with Gasteiger partial charge in [-0.25, -0.2) is 4.79 Å². The molecule has 9 nitrogen and oxygen atoms in total. The summed E-state index contributed by atoms with van der Waals surface area (Å²) in [6.45, 7) is 9.64. The highest BCUT2D eigenvalue weighted by Gasteiger charge is 2.37. The smallest absolute Gasteiger partial charge is 0.408 e. The number of hydrogen-bond donors (Lipinski definition) is 5. The number of carbonyl (C=O) groups excluding carboxylic acids is 3. The zero-order valence-electron chi connectivity index (χ0n) is 19.5. The van der Waals surface area contributed by atoms with Crippen LogP contribution in [0.4, 0.5) is 4.79 Å². The Morgan fingerprint density at radius 2 is 1.81 bits per heavy atom. The minimum Gasteiger partial charge on any atom is -0.507 e. The van der Waals surface area contributed by atoms with Crippen LogP contribution < -0.4 is 10.6 Å². The molecule has 0 aromatic heterocycles. The molecular formula is C22H35N3O6S. The summed E-state index contributed by atoms with van der Waals surface area (Å²) in [5, 5.41) is 25.5. The van der Waals surface area contributed by atoms with Crippen LogP contribution in [0.25, 0.3) is 0 Å². The second kappa shape index (κ2) is 12.0. The van der Waals surface area contributed by atoms with Crippen LogP contribution in [0.1, 0.15) is 51.8 Å². The fourth-order valence-corrected chi connectivity index (χ4v) is 3.27. The van der Waals surface area contributed by atoms with Crippen molar-refractivity contribution in [2.75, 3.05) is 18.9 Å². The molecule has 0 saturated heterocycles. The number of thiol groups is 1. The van der Waals surface area contributed by atoms with Crippen molar-refractivity contribution in [2.24, 2.45) is 0 Å². The van der Waals surface area contributed by atoms with E-state index < -0.39 is 42.2 Å². The lowest BCUT2D eigenvalue weighted by molar-refractivity contribution is -0.142. The van der Waals surface area contributed by atoms with E-state index in [2.05, 4.69) is 23.3 Å². The Hall–Kier alpha value is -2.46. The molecule has 1 aromatic carbocycles. The molecule has 10 heteroatoms. The Labute approximate surface area is 194 Å². The number of carbonyl (C=O) groups is 3. The topological polar surface area (TPSA) is 128 Å². The maximum atomic E-state index is 13.4. The zero-order valence-corrected chi connectivity index (χ0v) is 20.4. The van der Waals surface area contributed by atoms with Gasteiger partial charge in [-0.2, -0.15) is 12.6 Å². The van der Waals surface area contributed by atoms with Gasteiger partial charge < -0.3 is 30.5 Å². The number of phenols is 1. The number of alkyl carbamates (subject to hydrolysis) is 1. The molecule has 0 radical (unpaired) electrons. The molecule has 1 aromatic rings. The first-order valence-electron chi connectivity index (χ1n) is 10.4. The minimum atomic E-state index is -1.24. The van der Waals surface area contributed by atoms with E-state index >= 15 is 0 Å². The van der Waals surface area contributed by atoms with E-state index in [9.17, 15) is 24.6 Å². The predicted molar refractivity (Wildman–Crippen MR) is 125 cm³/mol. The summed E-state index contributed by atoms with van der Waals surface area (Å²) in [5.41, 5.74) is -0.0365. The highest BCUT2D eigenvalue weighted by molar-refractivity contribution is 7.80. The third-order valence-corrected chi connectivity index (χ3v) is 4.72. The van der Waals surface area contributed by atoms with Gasteiger partial charge in [0.05, 0.1) is 6.61 Å². The summed E-state index contributed by atoms with van der Waals surface area (Å²) in [4.78, 5) is 39.9. The highest BCUT2D eigenvalue weighted by atomic mass is 32.1. The van der Waals surface area contributed by atoms with E-state index in [4.69, 9.17) is 4.74 Å². The number of amides is 3. The van der Waals surface area contributed by atoms with Gasteiger partial charge in [-0.15, -0.1) is 0 Å². The number of ether oxygens (including phenoxy) is 1. The van der Waals surface area contributed by atoms with Gasteiger partial charge in [-0.3, -0.25) is 9.59 Å². The van der Waals surface area contributed by atoms with Crippen molar-refractivity contribution in [3.8, 4) is 5.75 Å². The monoisotopic (exact) mass is 469 g/mol. The lowest BCUT2D eigenvalue weighted by Crippen LogP contribution is -2.54. The van der Waals surface area contributed by atoms with E-state index in [0.717, 1.165) is 4.90 Å². The first-order valence-corrected chi connectivity index (χ1v) is 11.1. The Morgan fingerprint density at radius 3 is 2.31 bits per heavy atom. The van der Waals surface area contributed by atoms with Gasteiger partial charge in [-0.05, 0) is 47.1 Å². The van der Waals surface area contributed by atoms with E-state index in [1.54, 1.807) is 59.7 Å². The fraction of sp³-hybridized carbons (Fsp3) is 0.591. The molecule has 0 aliphatic rings. The third-order valence-electron chi connectivity index (χ3n) is 4.35. The Morgan fingerprint density at radius 1 is 1.19 bits per heavy atom. The molecule has 0 spiro atoms. The summed E-state index contributed by atoms with van der Waals surface area (Å²) in [5.74, 6) is -1.38. The fourth-order valence-electron chi connectivity index (χ4n) is 3.03. The maximum Gasteiger partial charge on any atom is 0.408 e. The van der Waals surface area contributed by atoms with Gasteiger partial charge in [0.25, 0.3) is 0 Å². The van der Waals surface area contributed by atoms with Gasteiger partial charge in [0.1, 0.15) is 23.4 Å². The first-order chi connectivity index (χ1) is 14.8. The molecule has 0 aliphatic carbocycles. The SMILES string of the molecule is Cc1cccc(C(C(=O)NC(C)C)N(CCO)C(=O)C(CS)NC(=O)OC(C)(C)C)c1O. The first kappa shape index (κ1) is 27.6. The molecular weight excluding hydrogens is 434 g/mol. The molecule has 0 fully saturated rings. The number of hydrogen-bond acceptors (Lipinski definition) is 7. The standard InChI is InChI=1S/C22H35N3O6S/c1-13(2)23-19(28)17(15-9-7-8-14(3)18(15)27)25(10-11-26)20(29)16(12-32)24-21(30)31-22(4,5)6/h7-9,13,16-17,26-27,32H,10-12H2,1-6H3,(H,23,28)(H,24,30). The van der Waals surface area contributed by atoms with Gasteiger partial charge >= 0.3 is 6.09 Å². The molecule has 1 rings (SSSR count). The van der Waals surface area contributed by atoms with E-state index in [-0.39, 0.29) is 29.7 Å². The van der Waals surface area contributed by atoms with Gasteiger partial charge in [-0.1, -0.05) is 18.2 Å². The summed E-state index contributed by atoms with van der Waals surface area (Å²) >= 11 is 4.17. The molecule has 2 atom stereocenters. The Bertz CT molecular complexity index is 809. The summed E-state index contributed by atoms with van der Waals surface area (Å²) in [7, 11) is 0. The van der Waals surface area contributed by atoms with E-state index in [1.165, 1.54) is 0 Å². The molecule has 4 N–H and O–H groups in total. The maximum absolute atomic E-state index is 13.4. The molecule has 0 heterocycles. The number of nitrogens with one attached hydrogen (secondary N) is 2. The van der Waals surface area contributed by atoms with Crippen molar-refractivity contribution in [1.29, 1.82) is 0 Å². The number of aromatic hydroxyl groups is 1. The van der Waals surface area contributed by atoms with Crippen molar-refractivity contribution < 1.29 is 29.3 Å². The normalized spacial score (nSPS) is 13.3.